The normalized spacial score (nSPS) is 16.7. The summed E-state index contributed by atoms with van der Waals surface area (Å²) in [5, 5.41) is 7.47. The molecule has 1 aromatic rings. The van der Waals surface area contributed by atoms with Crippen molar-refractivity contribution in [1.29, 1.82) is 0 Å². The minimum absolute atomic E-state index is 0. The second-order valence-electron chi connectivity index (χ2n) is 6.40. The summed E-state index contributed by atoms with van der Waals surface area (Å²) in [7, 11) is 1.78. The summed E-state index contributed by atoms with van der Waals surface area (Å²) < 4.78 is 11.1. The van der Waals surface area contributed by atoms with Crippen molar-refractivity contribution in [2.75, 3.05) is 40.0 Å². The Morgan fingerprint density at radius 2 is 2.00 bits per heavy atom. The van der Waals surface area contributed by atoms with Crippen molar-refractivity contribution < 1.29 is 9.47 Å². The van der Waals surface area contributed by atoms with Crippen molar-refractivity contribution in [3.8, 4) is 0 Å². The predicted octanol–water partition coefficient (Wildman–Crippen LogP) is 4.02. The Balaban J connectivity index is 0.00000338. The minimum Gasteiger partial charge on any atom is -0.381 e. The van der Waals surface area contributed by atoms with Gasteiger partial charge >= 0.3 is 0 Å². The van der Waals surface area contributed by atoms with Crippen molar-refractivity contribution in [1.82, 2.24) is 10.6 Å². The van der Waals surface area contributed by atoms with Gasteiger partial charge < -0.3 is 20.1 Å². The summed E-state index contributed by atoms with van der Waals surface area (Å²) in [5.41, 5.74) is 1.17. The van der Waals surface area contributed by atoms with Gasteiger partial charge in [-0.05, 0) is 49.8 Å². The lowest BCUT2D eigenvalue weighted by atomic mass is 10.0. The summed E-state index contributed by atoms with van der Waals surface area (Å²) in [6, 6.07) is 8.02. The Morgan fingerprint density at radius 3 is 2.65 bits per heavy atom. The molecule has 2 N–H and O–H groups in total. The lowest BCUT2D eigenvalue weighted by Gasteiger charge is -2.22. The molecule has 1 heterocycles. The quantitative estimate of drug-likeness (QED) is 0.248. The molecule has 5 nitrogen and oxygen atoms in total. The van der Waals surface area contributed by atoms with Crippen LogP contribution < -0.4 is 10.6 Å². The maximum Gasteiger partial charge on any atom is 0.191 e. The molecule has 1 aromatic carbocycles. The van der Waals surface area contributed by atoms with Crippen LogP contribution in [0.3, 0.4) is 0 Å². The standard InChI is InChI=1S/C19H30ClN3O2.HI/c1-15(17-4-6-18(20)7-5-17)23-19(21-2)22-10-3-11-25-14-16-8-12-24-13-9-16;/h4-7,15-16H,3,8-14H2,1-2H3,(H2,21,22,23);1H. The minimum atomic E-state index is 0. The number of halogens is 2. The van der Waals surface area contributed by atoms with E-state index in [1.54, 1.807) is 7.05 Å². The van der Waals surface area contributed by atoms with Crippen LogP contribution in [0, 0.1) is 5.92 Å². The van der Waals surface area contributed by atoms with Crippen molar-refractivity contribution in [3.63, 3.8) is 0 Å². The number of nitrogens with zero attached hydrogens (tertiary/aromatic N) is 1. The van der Waals surface area contributed by atoms with Gasteiger partial charge in [-0.1, -0.05) is 23.7 Å². The SMILES string of the molecule is CN=C(NCCCOCC1CCOCC1)NC(C)c1ccc(Cl)cc1.I. The highest BCUT2D eigenvalue weighted by Gasteiger charge is 2.13. The van der Waals surface area contributed by atoms with Gasteiger partial charge in [-0.3, -0.25) is 4.99 Å². The molecule has 148 valence electrons. The maximum atomic E-state index is 5.93. The smallest absolute Gasteiger partial charge is 0.191 e. The zero-order valence-corrected chi connectivity index (χ0v) is 18.8. The maximum absolute atomic E-state index is 5.93. The zero-order valence-electron chi connectivity index (χ0n) is 15.7. The van der Waals surface area contributed by atoms with Crippen LogP contribution in [0.15, 0.2) is 29.3 Å². The number of rotatable bonds is 8. The molecule has 1 aliphatic heterocycles. The fraction of sp³-hybridized carbons (Fsp3) is 0.632. The van der Waals surface area contributed by atoms with Gasteiger partial charge in [0.25, 0.3) is 0 Å². The average molecular weight is 496 g/mol. The third-order valence-corrected chi connectivity index (χ3v) is 4.65. The van der Waals surface area contributed by atoms with Crippen molar-refractivity contribution in [3.05, 3.63) is 34.9 Å². The van der Waals surface area contributed by atoms with E-state index in [4.69, 9.17) is 21.1 Å². The summed E-state index contributed by atoms with van der Waals surface area (Å²) >= 11 is 5.93. The Labute approximate surface area is 179 Å². The van der Waals surface area contributed by atoms with E-state index in [-0.39, 0.29) is 30.0 Å². The molecule has 1 unspecified atom stereocenters. The number of hydrogen-bond donors (Lipinski definition) is 2. The summed E-state index contributed by atoms with van der Waals surface area (Å²) in [6.45, 7) is 6.32. The van der Waals surface area contributed by atoms with Gasteiger partial charge in [-0.15, -0.1) is 24.0 Å². The largest absolute Gasteiger partial charge is 0.381 e. The number of guanidine groups is 1. The molecule has 26 heavy (non-hydrogen) atoms. The molecule has 0 radical (unpaired) electrons. The molecule has 0 saturated carbocycles. The molecular formula is C19H31ClIN3O2. The molecule has 0 aromatic heterocycles. The molecule has 1 fully saturated rings. The lowest BCUT2D eigenvalue weighted by Crippen LogP contribution is -2.39. The Bertz CT molecular complexity index is 522. The van der Waals surface area contributed by atoms with Crippen LogP contribution >= 0.6 is 35.6 Å². The van der Waals surface area contributed by atoms with Gasteiger partial charge in [0.15, 0.2) is 5.96 Å². The first-order valence-electron chi connectivity index (χ1n) is 9.07. The van der Waals surface area contributed by atoms with E-state index < -0.39 is 0 Å². The van der Waals surface area contributed by atoms with Crippen molar-refractivity contribution >= 4 is 41.5 Å². The van der Waals surface area contributed by atoms with E-state index in [0.717, 1.165) is 63.2 Å². The predicted molar refractivity (Wildman–Crippen MR) is 119 cm³/mol. The highest BCUT2D eigenvalue weighted by molar-refractivity contribution is 14.0. The Morgan fingerprint density at radius 1 is 1.31 bits per heavy atom. The number of benzene rings is 1. The Kier molecular flexibility index (Phi) is 12.3. The van der Waals surface area contributed by atoms with Crippen LogP contribution in [0.5, 0.6) is 0 Å². The Hall–Kier alpha value is -0.570. The number of ether oxygens (including phenoxy) is 2. The first kappa shape index (κ1) is 23.5. The van der Waals surface area contributed by atoms with Crippen LogP contribution in [0.1, 0.15) is 37.8 Å². The van der Waals surface area contributed by atoms with Gasteiger partial charge in [0.1, 0.15) is 0 Å². The highest BCUT2D eigenvalue weighted by atomic mass is 127. The summed E-state index contributed by atoms with van der Waals surface area (Å²) in [6.07, 6.45) is 3.20. The van der Waals surface area contributed by atoms with Crippen LogP contribution in [0.4, 0.5) is 0 Å². The van der Waals surface area contributed by atoms with Gasteiger partial charge in [-0.25, -0.2) is 0 Å². The second kappa shape index (κ2) is 13.6. The number of nitrogens with one attached hydrogen (secondary N) is 2. The zero-order chi connectivity index (χ0) is 17.9. The van der Waals surface area contributed by atoms with Crippen molar-refractivity contribution in [2.24, 2.45) is 10.9 Å². The lowest BCUT2D eigenvalue weighted by molar-refractivity contribution is 0.0203. The molecule has 1 aliphatic rings. The van der Waals surface area contributed by atoms with E-state index in [1.807, 2.05) is 24.3 Å². The molecule has 1 atom stereocenters. The molecular weight excluding hydrogens is 465 g/mol. The molecule has 0 aliphatic carbocycles. The summed E-state index contributed by atoms with van der Waals surface area (Å²) in [5.74, 6) is 1.46. The van der Waals surface area contributed by atoms with Crippen LogP contribution in [0.25, 0.3) is 0 Å². The molecule has 2 rings (SSSR count). The third kappa shape index (κ3) is 8.88. The van der Waals surface area contributed by atoms with E-state index >= 15 is 0 Å². The molecule has 1 saturated heterocycles. The molecule has 0 bridgehead atoms. The van der Waals surface area contributed by atoms with E-state index in [9.17, 15) is 0 Å². The van der Waals surface area contributed by atoms with Gasteiger partial charge in [0, 0.05) is 45.0 Å². The third-order valence-electron chi connectivity index (χ3n) is 4.40. The average Bonchev–Trinajstić information content (AvgIpc) is 2.64. The van der Waals surface area contributed by atoms with Crippen LogP contribution in [-0.2, 0) is 9.47 Å². The molecule has 7 heteroatoms. The first-order valence-corrected chi connectivity index (χ1v) is 9.45. The highest BCUT2D eigenvalue weighted by Crippen LogP contribution is 2.16. The number of hydrogen-bond acceptors (Lipinski definition) is 3. The van der Waals surface area contributed by atoms with Crippen LogP contribution in [0.2, 0.25) is 5.02 Å². The fourth-order valence-corrected chi connectivity index (χ4v) is 2.90. The first-order chi connectivity index (χ1) is 12.2. The number of aliphatic imine (C=N–C) groups is 1. The van der Waals surface area contributed by atoms with Crippen molar-refractivity contribution in [2.45, 2.75) is 32.2 Å². The second-order valence-corrected chi connectivity index (χ2v) is 6.84. The van der Waals surface area contributed by atoms with E-state index in [2.05, 4.69) is 22.5 Å². The molecule has 0 amide bonds. The monoisotopic (exact) mass is 495 g/mol. The van der Waals surface area contributed by atoms with E-state index in [1.165, 1.54) is 5.56 Å². The van der Waals surface area contributed by atoms with Gasteiger partial charge in [-0.2, -0.15) is 0 Å². The van der Waals surface area contributed by atoms with Gasteiger partial charge in [0.2, 0.25) is 0 Å². The fourth-order valence-electron chi connectivity index (χ4n) is 2.78. The van der Waals surface area contributed by atoms with Crippen LogP contribution in [-0.4, -0.2) is 46.0 Å². The molecule has 0 spiro atoms. The summed E-state index contributed by atoms with van der Waals surface area (Å²) in [4.78, 5) is 4.28. The topological polar surface area (TPSA) is 54.9 Å². The van der Waals surface area contributed by atoms with Gasteiger partial charge in [0.05, 0.1) is 6.04 Å². The van der Waals surface area contributed by atoms with E-state index in [0.29, 0.717) is 5.92 Å².